The third-order valence-electron chi connectivity index (χ3n) is 3.88. The van der Waals surface area contributed by atoms with Crippen LogP contribution in [0.3, 0.4) is 0 Å². The van der Waals surface area contributed by atoms with Crippen LogP contribution in [0.4, 0.5) is 4.39 Å². The number of halogens is 3. The summed E-state index contributed by atoms with van der Waals surface area (Å²) in [6, 6.07) is 20.2. The molecule has 1 aromatic heterocycles. The maximum Gasteiger partial charge on any atom is 0.160 e. The maximum atomic E-state index is 13.9. The van der Waals surface area contributed by atoms with E-state index < -0.39 is 0 Å². The van der Waals surface area contributed by atoms with Crippen molar-refractivity contribution in [1.82, 2.24) is 9.97 Å². The molecule has 2 nitrogen and oxygen atoms in total. The number of fused-ring (bicyclic) bond motifs is 1. The number of nitrogens with zero attached hydrogens (tertiary/aromatic N) is 2. The average Bonchev–Trinajstić information content (AvgIpc) is 2.64. The standard InChI is InChI=1S/C20H11BrClFN2/c21-16-8-6-13(10-17(16)23)20-24-18-9-7-14(22)11-15(18)19(25-20)12-4-2-1-3-5-12/h1-11H. The van der Waals surface area contributed by atoms with Gasteiger partial charge in [-0.05, 0) is 52.3 Å². The molecule has 0 radical (unpaired) electrons. The molecule has 0 N–H and O–H groups in total. The Morgan fingerprint density at radius 3 is 2.40 bits per heavy atom. The van der Waals surface area contributed by atoms with Gasteiger partial charge in [0.15, 0.2) is 5.82 Å². The second-order valence-electron chi connectivity index (χ2n) is 5.55. The first-order valence-electron chi connectivity index (χ1n) is 7.60. The third kappa shape index (κ3) is 3.15. The second kappa shape index (κ2) is 6.54. The molecule has 0 aliphatic carbocycles. The maximum absolute atomic E-state index is 13.9. The van der Waals surface area contributed by atoms with E-state index in [9.17, 15) is 4.39 Å². The first kappa shape index (κ1) is 16.2. The van der Waals surface area contributed by atoms with Crippen molar-refractivity contribution in [2.45, 2.75) is 0 Å². The SMILES string of the molecule is Fc1cc(-c2nc(-c3ccccc3)c3cc(Cl)ccc3n2)ccc1Br. The monoisotopic (exact) mass is 412 g/mol. The lowest BCUT2D eigenvalue weighted by Gasteiger charge is -2.10. The average molecular weight is 414 g/mol. The number of aromatic nitrogens is 2. The first-order valence-corrected chi connectivity index (χ1v) is 8.77. The minimum atomic E-state index is -0.349. The van der Waals surface area contributed by atoms with Crippen LogP contribution in [0.15, 0.2) is 71.2 Å². The van der Waals surface area contributed by atoms with Gasteiger partial charge in [0, 0.05) is 21.5 Å². The fraction of sp³-hybridized carbons (Fsp3) is 0. The van der Waals surface area contributed by atoms with Crippen molar-refractivity contribution in [1.29, 1.82) is 0 Å². The van der Waals surface area contributed by atoms with Crippen LogP contribution in [0, 0.1) is 5.82 Å². The van der Waals surface area contributed by atoms with Crippen LogP contribution < -0.4 is 0 Å². The van der Waals surface area contributed by atoms with Crippen LogP contribution in [-0.4, -0.2) is 9.97 Å². The minimum Gasteiger partial charge on any atom is -0.228 e. The van der Waals surface area contributed by atoms with Crippen LogP contribution in [0.5, 0.6) is 0 Å². The number of hydrogen-bond acceptors (Lipinski definition) is 2. The van der Waals surface area contributed by atoms with Gasteiger partial charge in [-0.15, -0.1) is 0 Å². The molecule has 0 fully saturated rings. The highest BCUT2D eigenvalue weighted by atomic mass is 79.9. The Labute approximate surface area is 157 Å². The van der Waals surface area contributed by atoms with E-state index in [2.05, 4.69) is 20.9 Å². The van der Waals surface area contributed by atoms with Gasteiger partial charge in [-0.25, -0.2) is 14.4 Å². The van der Waals surface area contributed by atoms with Gasteiger partial charge in [0.1, 0.15) is 5.82 Å². The minimum absolute atomic E-state index is 0.349. The van der Waals surface area contributed by atoms with E-state index in [-0.39, 0.29) is 5.82 Å². The van der Waals surface area contributed by atoms with Crippen molar-refractivity contribution in [3.05, 3.63) is 82.0 Å². The Hall–Kier alpha value is -2.30. The number of hydrogen-bond donors (Lipinski definition) is 0. The fourth-order valence-corrected chi connectivity index (χ4v) is 3.10. The highest BCUT2D eigenvalue weighted by Crippen LogP contribution is 2.31. The summed E-state index contributed by atoms with van der Waals surface area (Å²) in [5.41, 5.74) is 3.11. The van der Waals surface area contributed by atoms with Gasteiger partial charge < -0.3 is 0 Å². The van der Waals surface area contributed by atoms with Crippen molar-refractivity contribution in [2.75, 3.05) is 0 Å². The van der Waals surface area contributed by atoms with Crippen molar-refractivity contribution in [3.63, 3.8) is 0 Å². The Morgan fingerprint density at radius 1 is 0.840 bits per heavy atom. The number of benzene rings is 3. The molecule has 0 aliphatic rings. The highest BCUT2D eigenvalue weighted by molar-refractivity contribution is 9.10. The predicted molar refractivity (Wildman–Crippen MR) is 103 cm³/mol. The van der Waals surface area contributed by atoms with Gasteiger partial charge in [-0.2, -0.15) is 0 Å². The van der Waals surface area contributed by atoms with Crippen LogP contribution >= 0.6 is 27.5 Å². The van der Waals surface area contributed by atoms with E-state index in [1.54, 1.807) is 18.2 Å². The van der Waals surface area contributed by atoms with Crippen LogP contribution in [0.25, 0.3) is 33.5 Å². The third-order valence-corrected chi connectivity index (χ3v) is 4.76. The topological polar surface area (TPSA) is 25.8 Å². The largest absolute Gasteiger partial charge is 0.228 e. The molecule has 0 bridgehead atoms. The van der Waals surface area contributed by atoms with Crippen molar-refractivity contribution in [3.8, 4) is 22.6 Å². The van der Waals surface area contributed by atoms with E-state index >= 15 is 0 Å². The van der Waals surface area contributed by atoms with E-state index in [1.807, 2.05) is 42.5 Å². The molecule has 4 aromatic rings. The summed E-state index contributed by atoms with van der Waals surface area (Å²) >= 11 is 9.33. The normalized spacial score (nSPS) is 11.0. The van der Waals surface area contributed by atoms with Crippen molar-refractivity contribution >= 4 is 38.4 Å². The van der Waals surface area contributed by atoms with Crippen LogP contribution in [0.1, 0.15) is 0 Å². The Morgan fingerprint density at radius 2 is 1.64 bits per heavy atom. The summed E-state index contributed by atoms with van der Waals surface area (Å²) in [6.45, 7) is 0. The second-order valence-corrected chi connectivity index (χ2v) is 6.84. The summed E-state index contributed by atoms with van der Waals surface area (Å²) in [4.78, 5) is 9.29. The lowest BCUT2D eigenvalue weighted by molar-refractivity contribution is 0.621. The zero-order valence-electron chi connectivity index (χ0n) is 12.9. The van der Waals surface area contributed by atoms with E-state index in [0.29, 0.717) is 20.9 Å². The summed E-state index contributed by atoms with van der Waals surface area (Å²) in [5.74, 6) is 0.124. The molecular formula is C20H11BrClFN2. The molecule has 0 saturated heterocycles. The summed E-state index contributed by atoms with van der Waals surface area (Å²) in [5, 5.41) is 1.48. The first-order chi connectivity index (χ1) is 12.1. The molecule has 122 valence electrons. The van der Waals surface area contributed by atoms with Gasteiger partial charge in [-0.3, -0.25) is 0 Å². The molecule has 0 spiro atoms. The van der Waals surface area contributed by atoms with Gasteiger partial charge in [0.25, 0.3) is 0 Å². The lowest BCUT2D eigenvalue weighted by Crippen LogP contribution is -1.95. The highest BCUT2D eigenvalue weighted by Gasteiger charge is 2.13. The van der Waals surface area contributed by atoms with E-state index in [4.69, 9.17) is 16.6 Å². The molecule has 1 heterocycles. The molecule has 3 aromatic carbocycles. The summed E-state index contributed by atoms with van der Waals surface area (Å²) in [7, 11) is 0. The molecule has 25 heavy (non-hydrogen) atoms. The van der Waals surface area contributed by atoms with Crippen molar-refractivity contribution < 1.29 is 4.39 Å². The molecule has 0 amide bonds. The molecule has 0 aliphatic heterocycles. The van der Waals surface area contributed by atoms with Crippen molar-refractivity contribution in [2.24, 2.45) is 0 Å². The molecule has 4 rings (SSSR count). The zero-order chi connectivity index (χ0) is 17.4. The Bertz CT molecular complexity index is 1080. The molecule has 0 saturated carbocycles. The molecule has 5 heteroatoms. The van der Waals surface area contributed by atoms with Crippen LogP contribution in [-0.2, 0) is 0 Å². The smallest absolute Gasteiger partial charge is 0.160 e. The Kier molecular flexibility index (Phi) is 4.24. The molecular weight excluding hydrogens is 403 g/mol. The summed E-state index contributed by atoms with van der Waals surface area (Å²) in [6.07, 6.45) is 0. The zero-order valence-corrected chi connectivity index (χ0v) is 15.2. The summed E-state index contributed by atoms with van der Waals surface area (Å²) < 4.78 is 14.3. The van der Waals surface area contributed by atoms with Gasteiger partial charge in [0.05, 0.1) is 15.7 Å². The van der Waals surface area contributed by atoms with Crippen LogP contribution in [0.2, 0.25) is 5.02 Å². The van der Waals surface area contributed by atoms with Gasteiger partial charge in [-0.1, -0.05) is 41.9 Å². The predicted octanol–water partition coefficient (Wildman–Crippen LogP) is 6.52. The van der Waals surface area contributed by atoms with E-state index in [1.165, 1.54) is 6.07 Å². The number of rotatable bonds is 2. The van der Waals surface area contributed by atoms with Gasteiger partial charge >= 0.3 is 0 Å². The van der Waals surface area contributed by atoms with E-state index in [0.717, 1.165) is 22.2 Å². The molecule has 0 unspecified atom stereocenters. The molecule has 0 atom stereocenters. The quantitative estimate of drug-likeness (QED) is 0.374. The Balaban J connectivity index is 2.01. The van der Waals surface area contributed by atoms with Gasteiger partial charge in [0.2, 0.25) is 0 Å². The lowest BCUT2D eigenvalue weighted by atomic mass is 10.1. The fourth-order valence-electron chi connectivity index (χ4n) is 2.68.